The second-order valence-electron chi connectivity index (χ2n) is 7.17. The standard InChI is InChI=1S/C25H25N3O2/c1-30-21-13-7-12-20(17-21)25(29)26-18-24-27-22-14-5-6-15-23(22)28(24)16-8-11-19-9-3-2-4-10-19/h2-7,9-10,12-15,17H,8,11,16,18H2,1H3,(H,26,29). The van der Waals surface area contributed by atoms with E-state index in [1.54, 1.807) is 19.2 Å². The van der Waals surface area contributed by atoms with E-state index in [9.17, 15) is 4.79 Å². The van der Waals surface area contributed by atoms with Gasteiger partial charge in [0.05, 0.1) is 24.7 Å². The predicted molar refractivity (Wildman–Crippen MR) is 119 cm³/mol. The van der Waals surface area contributed by atoms with Crippen LogP contribution in [0.3, 0.4) is 0 Å². The number of hydrogen-bond acceptors (Lipinski definition) is 3. The number of fused-ring (bicyclic) bond motifs is 1. The number of hydrogen-bond donors (Lipinski definition) is 1. The zero-order valence-electron chi connectivity index (χ0n) is 17.0. The Kier molecular flexibility index (Phi) is 6.09. The molecule has 0 aliphatic heterocycles. The Morgan fingerprint density at radius 2 is 1.80 bits per heavy atom. The van der Waals surface area contributed by atoms with Crippen molar-refractivity contribution in [1.29, 1.82) is 0 Å². The van der Waals surface area contributed by atoms with E-state index >= 15 is 0 Å². The molecule has 0 radical (unpaired) electrons. The normalized spacial score (nSPS) is 10.8. The summed E-state index contributed by atoms with van der Waals surface area (Å²) in [6, 6.07) is 25.7. The number of nitrogens with zero attached hydrogens (tertiary/aromatic N) is 2. The lowest BCUT2D eigenvalue weighted by molar-refractivity contribution is 0.0949. The molecule has 0 aliphatic carbocycles. The van der Waals surface area contributed by atoms with Crippen molar-refractivity contribution in [3.63, 3.8) is 0 Å². The van der Waals surface area contributed by atoms with E-state index in [4.69, 9.17) is 9.72 Å². The molecule has 1 amide bonds. The van der Waals surface area contributed by atoms with E-state index < -0.39 is 0 Å². The highest BCUT2D eigenvalue weighted by Crippen LogP contribution is 2.18. The van der Waals surface area contributed by atoms with Crippen molar-refractivity contribution in [3.8, 4) is 5.75 Å². The molecule has 0 aliphatic rings. The van der Waals surface area contributed by atoms with Gasteiger partial charge in [0.25, 0.3) is 5.91 Å². The fourth-order valence-corrected chi connectivity index (χ4v) is 3.62. The van der Waals surface area contributed by atoms with Crippen molar-refractivity contribution in [2.75, 3.05) is 7.11 Å². The molecule has 5 heteroatoms. The van der Waals surface area contributed by atoms with Crippen LogP contribution >= 0.6 is 0 Å². The smallest absolute Gasteiger partial charge is 0.251 e. The molecule has 0 unspecified atom stereocenters. The van der Waals surface area contributed by atoms with Gasteiger partial charge >= 0.3 is 0 Å². The lowest BCUT2D eigenvalue weighted by Crippen LogP contribution is -2.24. The first-order valence-corrected chi connectivity index (χ1v) is 10.1. The molecule has 1 N–H and O–H groups in total. The monoisotopic (exact) mass is 399 g/mol. The first-order chi connectivity index (χ1) is 14.7. The van der Waals surface area contributed by atoms with Crippen molar-refractivity contribution < 1.29 is 9.53 Å². The molecular formula is C25H25N3O2. The minimum Gasteiger partial charge on any atom is -0.497 e. The highest BCUT2D eigenvalue weighted by molar-refractivity contribution is 5.94. The van der Waals surface area contributed by atoms with E-state index in [2.05, 4.69) is 40.2 Å². The number of rotatable bonds is 8. The van der Waals surface area contributed by atoms with E-state index in [1.165, 1.54) is 5.56 Å². The van der Waals surface area contributed by atoms with Gasteiger partial charge in [-0.3, -0.25) is 4.79 Å². The number of nitrogens with one attached hydrogen (secondary N) is 1. The van der Waals surface area contributed by atoms with Gasteiger partial charge in [0.1, 0.15) is 11.6 Å². The molecule has 0 saturated heterocycles. The second-order valence-corrected chi connectivity index (χ2v) is 7.17. The maximum absolute atomic E-state index is 12.6. The van der Waals surface area contributed by atoms with Crippen LogP contribution < -0.4 is 10.1 Å². The lowest BCUT2D eigenvalue weighted by atomic mass is 10.1. The van der Waals surface area contributed by atoms with Gasteiger partial charge in [-0.05, 0) is 48.7 Å². The van der Waals surface area contributed by atoms with Crippen molar-refractivity contribution in [2.24, 2.45) is 0 Å². The summed E-state index contributed by atoms with van der Waals surface area (Å²) >= 11 is 0. The molecule has 1 aromatic heterocycles. The molecule has 3 aromatic carbocycles. The van der Waals surface area contributed by atoms with Crippen LogP contribution in [0, 0.1) is 0 Å². The maximum atomic E-state index is 12.6. The Labute approximate surface area is 176 Å². The average Bonchev–Trinajstić information content (AvgIpc) is 3.16. The molecule has 1 heterocycles. The summed E-state index contributed by atoms with van der Waals surface area (Å²) in [5, 5.41) is 3.00. The van der Waals surface area contributed by atoms with E-state index in [1.807, 2.05) is 36.4 Å². The predicted octanol–water partition coefficient (Wildman–Crippen LogP) is 4.61. The lowest BCUT2D eigenvalue weighted by Gasteiger charge is -2.11. The average molecular weight is 399 g/mol. The first kappa shape index (κ1) is 19.7. The molecule has 0 fully saturated rings. The van der Waals surface area contributed by atoms with Gasteiger partial charge in [-0.1, -0.05) is 48.5 Å². The fourth-order valence-electron chi connectivity index (χ4n) is 3.62. The Morgan fingerprint density at radius 3 is 2.63 bits per heavy atom. The number of imidazole rings is 1. The van der Waals surface area contributed by atoms with Crippen LogP contribution in [0.25, 0.3) is 11.0 Å². The van der Waals surface area contributed by atoms with Crippen LogP contribution in [0.4, 0.5) is 0 Å². The van der Waals surface area contributed by atoms with Crippen LogP contribution in [0.15, 0.2) is 78.9 Å². The number of aryl methyl sites for hydroxylation is 2. The summed E-state index contributed by atoms with van der Waals surface area (Å²) in [6.07, 6.45) is 2.00. The maximum Gasteiger partial charge on any atom is 0.251 e. The van der Waals surface area contributed by atoms with Crippen LogP contribution in [0.1, 0.15) is 28.2 Å². The Balaban J connectivity index is 1.48. The van der Waals surface area contributed by atoms with E-state index in [0.717, 1.165) is 36.2 Å². The fraction of sp³-hybridized carbons (Fsp3) is 0.200. The topological polar surface area (TPSA) is 56.1 Å². The number of amides is 1. The highest BCUT2D eigenvalue weighted by Gasteiger charge is 2.13. The highest BCUT2D eigenvalue weighted by atomic mass is 16.5. The number of carbonyl (C=O) groups is 1. The third-order valence-corrected chi connectivity index (χ3v) is 5.16. The molecule has 0 saturated carbocycles. The first-order valence-electron chi connectivity index (χ1n) is 10.1. The van der Waals surface area contributed by atoms with Crippen molar-refractivity contribution in [3.05, 3.63) is 95.8 Å². The molecular weight excluding hydrogens is 374 g/mol. The van der Waals surface area contributed by atoms with Gasteiger partial charge in [-0.25, -0.2) is 4.98 Å². The summed E-state index contributed by atoms with van der Waals surface area (Å²) in [5.74, 6) is 1.38. The zero-order chi connectivity index (χ0) is 20.8. The second kappa shape index (κ2) is 9.27. The molecule has 30 heavy (non-hydrogen) atoms. The number of carbonyl (C=O) groups excluding carboxylic acids is 1. The Hall–Kier alpha value is -3.60. The summed E-state index contributed by atoms with van der Waals surface area (Å²) in [5.41, 5.74) is 3.94. The minimum absolute atomic E-state index is 0.142. The van der Waals surface area contributed by atoms with Crippen LogP contribution in [0.2, 0.25) is 0 Å². The Bertz CT molecular complexity index is 1140. The third kappa shape index (κ3) is 4.51. The van der Waals surface area contributed by atoms with Gasteiger partial charge in [-0.2, -0.15) is 0 Å². The quantitative estimate of drug-likeness (QED) is 0.471. The summed E-state index contributed by atoms with van der Waals surface area (Å²) in [6.45, 7) is 1.22. The number of methoxy groups -OCH3 is 1. The summed E-state index contributed by atoms with van der Waals surface area (Å²) in [4.78, 5) is 17.4. The summed E-state index contributed by atoms with van der Waals surface area (Å²) in [7, 11) is 1.59. The minimum atomic E-state index is -0.142. The molecule has 0 bridgehead atoms. The van der Waals surface area contributed by atoms with Crippen LogP contribution in [-0.4, -0.2) is 22.6 Å². The summed E-state index contributed by atoms with van der Waals surface area (Å²) < 4.78 is 7.42. The van der Waals surface area contributed by atoms with Gasteiger partial charge in [0.15, 0.2) is 0 Å². The molecule has 4 aromatic rings. The van der Waals surface area contributed by atoms with Crippen LogP contribution in [0.5, 0.6) is 5.75 Å². The molecule has 0 spiro atoms. The van der Waals surface area contributed by atoms with Crippen LogP contribution in [-0.2, 0) is 19.5 Å². The number of aromatic nitrogens is 2. The number of para-hydroxylation sites is 2. The van der Waals surface area contributed by atoms with Gasteiger partial charge in [0.2, 0.25) is 0 Å². The SMILES string of the molecule is COc1cccc(C(=O)NCc2nc3ccccc3n2CCCc2ccccc2)c1. The van der Waals surface area contributed by atoms with Crippen molar-refractivity contribution in [2.45, 2.75) is 25.9 Å². The third-order valence-electron chi connectivity index (χ3n) is 5.16. The van der Waals surface area contributed by atoms with E-state index in [-0.39, 0.29) is 5.91 Å². The van der Waals surface area contributed by atoms with Crippen molar-refractivity contribution in [1.82, 2.24) is 14.9 Å². The zero-order valence-corrected chi connectivity index (χ0v) is 17.0. The van der Waals surface area contributed by atoms with Gasteiger partial charge < -0.3 is 14.6 Å². The number of benzene rings is 3. The van der Waals surface area contributed by atoms with Gasteiger partial charge in [-0.15, -0.1) is 0 Å². The van der Waals surface area contributed by atoms with Crippen molar-refractivity contribution >= 4 is 16.9 Å². The van der Waals surface area contributed by atoms with Gasteiger partial charge in [0, 0.05) is 12.1 Å². The largest absolute Gasteiger partial charge is 0.497 e. The molecule has 152 valence electrons. The van der Waals surface area contributed by atoms with E-state index in [0.29, 0.717) is 17.9 Å². The Morgan fingerprint density at radius 1 is 1.00 bits per heavy atom. The molecule has 4 rings (SSSR count). The molecule has 0 atom stereocenters. The molecule has 5 nitrogen and oxygen atoms in total. The number of ether oxygens (including phenoxy) is 1.